The average Bonchev–Trinajstić information content (AvgIpc) is 2.65. The lowest BCUT2D eigenvalue weighted by atomic mass is 10.3. The molecule has 0 fully saturated rings. The van der Waals surface area contributed by atoms with Crippen LogP contribution in [-0.2, 0) is 11.8 Å². The lowest BCUT2D eigenvalue weighted by molar-refractivity contribution is -0.114. The lowest BCUT2D eigenvalue weighted by Gasteiger charge is -2.07. The Morgan fingerprint density at radius 3 is 2.84 bits per heavy atom. The number of nitrogens with zero attached hydrogens (tertiary/aromatic N) is 2. The SMILES string of the molecule is Cc1cc(NC(=O)CNc2cccc(F)c2)n(C)n1. The molecule has 2 rings (SSSR count). The van der Waals surface area contributed by atoms with E-state index in [1.807, 2.05) is 6.92 Å². The van der Waals surface area contributed by atoms with Crippen LogP contribution in [0.5, 0.6) is 0 Å². The normalized spacial score (nSPS) is 10.3. The Labute approximate surface area is 110 Å². The third kappa shape index (κ3) is 3.54. The van der Waals surface area contributed by atoms with E-state index in [1.54, 1.807) is 29.9 Å². The summed E-state index contributed by atoms with van der Waals surface area (Å²) in [6.07, 6.45) is 0. The second-order valence-corrected chi connectivity index (χ2v) is 4.21. The molecule has 0 saturated heterocycles. The van der Waals surface area contributed by atoms with Crippen LogP contribution in [0.3, 0.4) is 0 Å². The average molecular weight is 262 g/mol. The van der Waals surface area contributed by atoms with Gasteiger partial charge in [-0.05, 0) is 25.1 Å². The standard InChI is InChI=1S/C13H15FN4O/c1-9-6-12(18(2)17-9)16-13(19)8-15-11-5-3-4-10(14)7-11/h3-7,15H,8H2,1-2H3,(H,16,19). The van der Waals surface area contributed by atoms with Crippen LogP contribution in [0.2, 0.25) is 0 Å². The molecule has 0 saturated carbocycles. The molecule has 0 unspecified atom stereocenters. The highest BCUT2D eigenvalue weighted by atomic mass is 19.1. The smallest absolute Gasteiger partial charge is 0.244 e. The van der Waals surface area contributed by atoms with Crippen molar-refractivity contribution in [3.8, 4) is 0 Å². The number of hydrogen-bond acceptors (Lipinski definition) is 3. The van der Waals surface area contributed by atoms with Gasteiger partial charge in [0.1, 0.15) is 11.6 Å². The molecule has 0 aliphatic carbocycles. The van der Waals surface area contributed by atoms with Crippen molar-refractivity contribution in [3.63, 3.8) is 0 Å². The number of anilines is 2. The van der Waals surface area contributed by atoms with E-state index >= 15 is 0 Å². The summed E-state index contributed by atoms with van der Waals surface area (Å²) in [6.45, 7) is 1.91. The zero-order chi connectivity index (χ0) is 13.8. The number of amides is 1. The first kappa shape index (κ1) is 13.1. The molecular formula is C13H15FN4O. The molecule has 1 heterocycles. The minimum absolute atomic E-state index is 0.0632. The summed E-state index contributed by atoms with van der Waals surface area (Å²) in [4.78, 5) is 11.7. The molecule has 2 N–H and O–H groups in total. The maximum absolute atomic E-state index is 12.9. The summed E-state index contributed by atoms with van der Waals surface area (Å²) >= 11 is 0. The molecule has 5 nitrogen and oxygen atoms in total. The number of rotatable bonds is 4. The zero-order valence-electron chi connectivity index (χ0n) is 10.8. The Balaban J connectivity index is 1.90. The van der Waals surface area contributed by atoms with Crippen LogP contribution < -0.4 is 10.6 Å². The molecule has 100 valence electrons. The summed E-state index contributed by atoms with van der Waals surface area (Å²) in [5, 5.41) is 9.70. The summed E-state index contributed by atoms with van der Waals surface area (Å²) < 4.78 is 14.5. The van der Waals surface area contributed by atoms with Gasteiger partial charge in [0.05, 0.1) is 12.2 Å². The Bertz CT molecular complexity index is 594. The number of carbonyl (C=O) groups excluding carboxylic acids is 1. The lowest BCUT2D eigenvalue weighted by Crippen LogP contribution is -2.23. The molecule has 0 spiro atoms. The highest BCUT2D eigenvalue weighted by Gasteiger charge is 2.06. The number of aromatic nitrogens is 2. The topological polar surface area (TPSA) is 59.0 Å². The van der Waals surface area contributed by atoms with Crippen LogP contribution in [0, 0.1) is 12.7 Å². The summed E-state index contributed by atoms with van der Waals surface area (Å²) in [5.41, 5.74) is 1.40. The number of hydrogen-bond donors (Lipinski definition) is 2. The molecule has 6 heteroatoms. The van der Waals surface area contributed by atoms with E-state index in [9.17, 15) is 9.18 Å². The number of halogens is 1. The van der Waals surface area contributed by atoms with Crippen LogP contribution >= 0.6 is 0 Å². The van der Waals surface area contributed by atoms with Crippen molar-refractivity contribution < 1.29 is 9.18 Å². The van der Waals surface area contributed by atoms with Gasteiger partial charge in [0.15, 0.2) is 0 Å². The maximum Gasteiger partial charge on any atom is 0.244 e. The van der Waals surface area contributed by atoms with Gasteiger partial charge in [-0.15, -0.1) is 0 Å². The largest absolute Gasteiger partial charge is 0.376 e. The molecule has 1 aromatic heterocycles. The van der Waals surface area contributed by atoms with Gasteiger partial charge in [0.2, 0.25) is 5.91 Å². The van der Waals surface area contributed by atoms with Crippen LogP contribution in [0.4, 0.5) is 15.9 Å². The minimum atomic E-state index is -0.340. The Kier molecular flexibility index (Phi) is 3.79. The van der Waals surface area contributed by atoms with Gasteiger partial charge in [-0.3, -0.25) is 9.48 Å². The van der Waals surface area contributed by atoms with Crippen molar-refractivity contribution in [2.75, 3.05) is 17.2 Å². The molecule has 1 aromatic carbocycles. The Morgan fingerprint density at radius 2 is 2.21 bits per heavy atom. The van der Waals surface area contributed by atoms with Crippen molar-refractivity contribution in [2.24, 2.45) is 7.05 Å². The quantitative estimate of drug-likeness (QED) is 0.885. The molecular weight excluding hydrogens is 247 g/mol. The maximum atomic E-state index is 12.9. The highest BCUT2D eigenvalue weighted by Crippen LogP contribution is 2.10. The van der Waals surface area contributed by atoms with Gasteiger partial charge in [-0.1, -0.05) is 6.07 Å². The van der Waals surface area contributed by atoms with Gasteiger partial charge in [0.25, 0.3) is 0 Å². The first-order valence-electron chi connectivity index (χ1n) is 5.84. The highest BCUT2D eigenvalue weighted by molar-refractivity contribution is 5.93. The van der Waals surface area contributed by atoms with E-state index in [1.165, 1.54) is 12.1 Å². The van der Waals surface area contributed by atoms with Crippen LogP contribution in [0.15, 0.2) is 30.3 Å². The predicted octanol–water partition coefficient (Wildman–Crippen LogP) is 1.92. The van der Waals surface area contributed by atoms with E-state index in [-0.39, 0.29) is 18.3 Å². The summed E-state index contributed by atoms with van der Waals surface area (Å²) in [7, 11) is 1.75. The Morgan fingerprint density at radius 1 is 1.42 bits per heavy atom. The molecule has 1 amide bonds. The van der Waals surface area contributed by atoms with E-state index in [0.29, 0.717) is 11.5 Å². The van der Waals surface area contributed by atoms with E-state index in [0.717, 1.165) is 5.69 Å². The fourth-order valence-corrected chi connectivity index (χ4v) is 1.70. The molecule has 19 heavy (non-hydrogen) atoms. The summed E-state index contributed by atoms with van der Waals surface area (Å²) in [6, 6.07) is 7.75. The number of benzene rings is 1. The van der Waals surface area contributed by atoms with Gasteiger partial charge in [-0.2, -0.15) is 5.10 Å². The van der Waals surface area contributed by atoms with E-state index in [2.05, 4.69) is 15.7 Å². The first-order valence-corrected chi connectivity index (χ1v) is 5.84. The van der Waals surface area contributed by atoms with Crippen LogP contribution in [0.25, 0.3) is 0 Å². The molecule has 0 aliphatic heterocycles. The summed E-state index contributed by atoms with van der Waals surface area (Å²) in [5.74, 6) is 0.0727. The molecule has 0 radical (unpaired) electrons. The van der Waals surface area contributed by atoms with Gasteiger partial charge in [0, 0.05) is 18.8 Å². The van der Waals surface area contributed by atoms with Crippen molar-refractivity contribution in [2.45, 2.75) is 6.92 Å². The van der Waals surface area contributed by atoms with Crippen LogP contribution in [-0.4, -0.2) is 22.2 Å². The van der Waals surface area contributed by atoms with Crippen LogP contribution in [0.1, 0.15) is 5.69 Å². The number of nitrogens with one attached hydrogen (secondary N) is 2. The zero-order valence-corrected chi connectivity index (χ0v) is 10.8. The van der Waals surface area contributed by atoms with Gasteiger partial charge >= 0.3 is 0 Å². The van der Waals surface area contributed by atoms with E-state index in [4.69, 9.17) is 0 Å². The first-order chi connectivity index (χ1) is 9.04. The predicted molar refractivity (Wildman–Crippen MR) is 71.5 cm³/mol. The third-order valence-corrected chi connectivity index (χ3v) is 2.55. The molecule has 0 bridgehead atoms. The van der Waals surface area contributed by atoms with Crippen molar-refractivity contribution >= 4 is 17.4 Å². The second-order valence-electron chi connectivity index (χ2n) is 4.21. The number of carbonyl (C=O) groups is 1. The molecule has 2 aromatic rings. The number of aryl methyl sites for hydroxylation is 2. The van der Waals surface area contributed by atoms with Crippen molar-refractivity contribution in [1.29, 1.82) is 0 Å². The van der Waals surface area contributed by atoms with Crippen molar-refractivity contribution in [3.05, 3.63) is 41.8 Å². The molecule has 0 aliphatic rings. The molecule has 0 atom stereocenters. The van der Waals surface area contributed by atoms with Crippen molar-refractivity contribution in [1.82, 2.24) is 9.78 Å². The third-order valence-electron chi connectivity index (χ3n) is 2.55. The monoisotopic (exact) mass is 262 g/mol. The Hall–Kier alpha value is -2.37. The fraction of sp³-hybridized carbons (Fsp3) is 0.231. The van der Waals surface area contributed by atoms with E-state index < -0.39 is 0 Å². The fourth-order valence-electron chi connectivity index (χ4n) is 1.70. The van der Waals surface area contributed by atoms with Gasteiger partial charge < -0.3 is 10.6 Å². The second kappa shape index (κ2) is 5.51. The van der Waals surface area contributed by atoms with Gasteiger partial charge in [-0.25, -0.2) is 4.39 Å². The minimum Gasteiger partial charge on any atom is -0.376 e.